The number of hydrogen-bond donors (Lipinski definition) is 1. The number of imide groups is 1. The lowest BCUT2D eigenvalue weighted by Crippen LogP contribution is -2.50. The molecule has 0 radical (unpaired) electrons. The molecule has 3 amide bonds. The van der Waals surface area contributed by atoms with E-state index in [-0.39, 0.29) is 23.9 Å². The molecule has 2 heterocycles. The third-order valence-electron chi connectivity index (χ3n) is 5.63. The third-order valence-corrected chi connectivity index (χ3v) is 5.63. The van der Waals surface area contributed by atoms with Crippen LogP contribution in [0.3, 0.4) is 0 Å². The molecule has 2 aromatic rings. The fourth-order valence-corrected chi connectivity index (χ4v) is 3.36. The van der Waals surface area contributed by atoms with Crippen molar-refractivity contribution in [1.29, 1.82) is 0 Å². The molecule has 24 heavy (non-hydrogen) atoms. The molecule has 6 heteroatoms. The van der Waals surface area contributed by atoms with E-state index in [2.05, 4.69) is 22.2 Å². The Morgan fingerprint density at radius 1 is 1.12 bits per heavy atom. The number of nitrogens with zero attached hydrogens (tertiary/aromatic N) is 3. The predicted octanol–water partition coefficient (Wildman–Crippen LogP) is 2.55. The van der Waals surface area contributed by atoms with Crippen LogP contribution in [0.25, 0.3) is 11.0 Å². The first-order valence-corrected chi connectivity index (χ1v) is 8.20. The zero-order chi connectivity index (χ0) is 17.1. The first-order chi connectivity index (χ1) is 11.3. The predicted molar refractivity (Wildman–Crippen MR) is 89.1 cm³/mol. The fourth-order valence-electron chi connectivity index (χ4n) is 3.36. The maximum atomic E-state index is 12.9. The Morgan fingerprint density at radius 3 is 2.38 bits per heavy atom. The molecule has 4 rings (SSSR count). The van der Waals surface area contributed by atoms with Crippen LogP contribution in [-0.4, -0.2) is 32.3 Å². The Labute approximate surface area is 140 Å². The van der Waals surface area contributed by atoms with Gasteiger partial charge in [0.15, 0.2) is 0 Å². The highest BCUT2D eigenvalue weighted by Crippen LogP contribution is 2.55. The van der Waals surface area contributed by atoms with Crippen LogP contribution in [0.2, 0.25) is 0 Å². The molecule has 1 aromatic carbocycles. The van der Waals surface area contributed by atoms with Crippen molar-refractivity contribution in [2.75, 3.05) is 0 Å². The minimum Gasteiger partial charge on any atom is -0.323 e. The van der Waals surface area contributed by atoms with Gasteiger partial charge >= 0.3 is 6.03 Å². The minimum atomic E-state index is -0.817. The van der Waals surface area contributed by atoms with Crippen LogP contribution in [0.4, 0.5) is 4.79 Å². The molecule has 1 N–H and O–H groups in total. The van der Waals surface area contributed by atoms with Crippen LogP contribution in [-0.2, 0) is 11.3 Å². The lowest BCUT2D eigenvalue weighted by molar-refractivity contribution is -0.133. The first kappa shape index (κ1) is 15.1. The summed E-state index contributed by atoms with van der Waals surface area (Å²) in [6.07, 6.45) is 1.91. The standard InChI is InChI=1S/C18H20N4O2/c1-11-14(20-13-7-5-4-6-12(13)19-11)10-22-15(23)18(3,21-16(22)24)17(2)8-9-17/h4-7H,8-10H2,1-3H3,(H,21,24). The molecule has 1 aromatic heterocycles. The van der Waals surface area contributed by atoms with E-state index in [1.165, 1.54) is 4.90 Å². The lowest BCUT2D eigenvalue weighted by atomic mass is 9.84. The van der Waals surface area contributed by atoms with Crippen molar-refractivity contribution in [1.82, 2.24) is 20.2 Å². The average molecular weight is 324 g/mol. The van der Waals surface area contributed by atoms with E-state index in [4.69, 9.17) is 0 Å². The highest BCUT2D eigenvalue weighted by atomic mass is 16.2. The molecule has 1 saturated carbocycles. The summed E-state index contributed by atoms with van der Waals surface area (Å²) in [4.78, 5) is 35.7. The summed E-state index contributed by atoms with van der Waals surface area (Å²) in [5.41, 5.74) is 2.01. The number of urea groups is 1. The summed E-state index contributed by atoms with van der Waals surface area (Å²) in [5, 5.41) is 2.90. The number of hydrogen-bond acceptors (Lipinski definition) is 4. The zero-order valence-corrected chi connectivity index (χ0v) is 14.1. The van der Waals surface area contributed by atoms with Gasteiger partial charge in [0.05, 0.1) is 29.0 Å². The Bertz CT molecular complexity index is 874. The van der Waals surface area contributed by atoms with Crippen LogP contribution in [0, 0.1) is 12.3 Å². The van der Waals surface area contributed by atoms with Gasteiger partial charge in [-0.15, -0.1) is 0 Å². The lowest BCUT2D eigenvalue weighted by Gasteiger charge is -2.28. The highest BCUT2D eigenvalue weighted by molar-refractivity contribution is 6.07. The summed E-state index contributed by atoms with van der Waals surface area (Å²) in [6, 6.07) is 7.25. The maximum Gasteiger partial charge on any atom is 0.325 e. The number of nitrogens with one attached hydrogen (secondary N) is 1. The van der Waals surface area contributed by atoms with Gasteiger partial charge in [-0.25, -0.2) is 14.8 Å². The van der Waals surface area contributed by atoms with Crippen LogP contribution >= 0.6 is 0 Å². The fraction of sp³-hybridized carbons (Fsp3) is 0.444. The van der Waals surface area contributed by atoms with Crippen molar-refractivity contribution in [2.24, 2.45) is 5.41 Å². The van der Waals surface area contributed by atoms with Crippen molar-refractivity contribution in [3.8, 4) is 0 Å². The van der Waals surface area contributed by atoms with Crippen molar-refractivity contribution < 1.29 is 9.59 Å². The number of rotatable bonds is 3. The summed E-state index contributed by atoms with van der Waals surface area (Å²) in [6.45, 7) is 5.89. The second-order valence-corrected chi connectivity index (χ2v) is 7.25. The van der Waals surface area contributed by atoms with E-state index in [0.717, 1.165) is 29.6 Å². The SMILES string of the molecule is Cc1nc2ccccc2nc1CN1C(=O)NC(C)(C2(C)CC2)C1=O. The van der Waals surface area contributed by atoms with Gasteiger partial charge in [-0.05, 0) is 44.2 Å². The Morgan fingerprint density at radius 2 is 1.75 bits per heavy atom. The second kappa shape index (κ2) is 4.75. The molecule has 6 nitrogen and oxygen atoms in total. The molecule has 1 aliphatic heterocycles. The molecule has 1 aliphatic carbocycles. The van der Waals surface area contributed by atoms with Gasteiger partial charge in [0.2, 0.25) is 0 Å². The number of benzene rings is 1. The normalized spacial score (nSPS) is 25.2. The van der Waals surface area contributed by atoms with Gasteiger partial charge in [0.25, 0.3) is 5.91 Å². The topological polar surface area (TPSA) is 75.2 Å². The third kappa shape index (κ3) is 2.02. The smallest absolute Gasteiger partial charge is 0.323 e. The average Bonchev–Trinajstić information content (AvgIpc) is 3.26. The Kier molecular flexibility index (Phi) is 2.98. The summed E-state index contributed by atoms with van der Waals surface area (Å²) >= 11 is 0. The number of para-hydroxylation sites is 2. The van der Waals surface area contributed by atoms with Gasteiger partial charge in [-0.2, -0.15) is 0 Å². The van der Waals surface area contributed by atoms with Crippen molar-refractivity contribution >= 4 is 23.0 Å². The molecular weight excluding hydrogens is 304 g/mol. The summed E-state index contributed by atoms with van der Waals surface area (Å²) < 4.78 is 0. The van der Waals surface area contributed by atoms with E-state index in [1.54, 1.807) is 0 Å². The number of carbonyl (C=O) groups excluding carboxylic acids is 2. The van der Waals surface area contributed by atoms with Gasteiger partial charge < -0.3 is 5.32 Å². The largest absolute Gasteiger partial charge is 0.325 e. The molecule has 1 saturated heterocycles. The van der Waals surface area contributed by atoms with Gasteiger partial charge in [-0.3, -0.25) is 9.69 Å². The van der Waals surface area contributed by atoms with Crippen molar-refractivity contribution in [2.45, 2.75) is 45.7 Å². The molecule has 2 fully saturated rings. The Hall–Kier alpha value is -2.50. The monoisotopic (exact) mass is 324 g/mol. The number of carbonyl (C=O) groups is 2. The summed E-state index contributed by atoms with van der Waals surface area (Å²) in [7, 11) is 0. The second-order valence-electron chi connectivity index (χ2n) is 7.25. The zero-order valence-electron chi connectivity index (χ0n) is 14.1. The molecule has 1 atom stereocenters. The van der Waals surface area contributed by atoms with E-state index >= 15 is 0 Å². The molecule has 2 aliphatic rings. The quantitative estimate of drug-likeness (QED) is 0.881. The van der Waals surface area contributed by atoms with Crippen LogP contribution in [0.1, 0.15) is 38.1 Å². The number of amides is 3. The number of fused-ring (bicyclic) bond motifs is 1. The minimum absolute atomic E-state index is 0.140. The maximum absolute atomic E-state index is 12.9. The van der Waals surface area contributed by atoms with Crippen LogP contribution in [0.15, 0.2) is 24.3 Å². The van der Waals surface area contributed by atoms with Gasteiger partial charge in [0.1, 0.15) is 5.54 Å². The van der Waals surface area contributed by atoms with Crippen molar-refractivity contribution in [3.63, 3.8) is 0 Å². The number of aromatic nitrogens is 2. The van der Waals surface area contributed by atoms with E-state index < -0.39 is 5.54 Å². The Balaban J connectivity index is 1.67. The molecular formula is C18H20N4O2. The van der Waals surface area contributed by atoms with E-state index in [1.807, 2.05) is 38.1 Å². The van der Waals surface area contributed by atoms with E-state index in [0.29, 0.717) is 5.69 Å². The molecule has 124 valence electrons. The number of aryl methyl sites for hydroxylation is 1. The first-order valence-electron chi connectivity index (χ1n) is 8.20. The van der Waals surface area contributed by atoms with Crippen LogP contribution in [0.5, 0.6) is 0 Å². The van der Waals surface area contributed by atoms with Crippen LogP contribution < -0.4 is 5.32 Å². The molecule has 0 spiro atoms. The van der Waals surface area contributed by atoms with Crippen molar-refractivity contribution in [3.05, 3.63) is 35.7 Å². The van der Waals surface area contributed by atoms with Gasteiger partial charge in [-0.1, -0.05) is 19.1 Å². The highest BCUT2D eigenvalue weighted by Gasteiger charge is 2.63. The molecule has 0 bridgehead atoms. The van der Waals surface area contributed by atoms with E-state index in [9.17, 15) is 9.59 Å². The summed E-state index contributed by atoms with van der Waals surface area (Å²) in [5.74, 6) is -0.165. The molecule has 1 unspecified atom stereocenters. The van der Waals surface area contributed by atoms with Gasteiger partial charge in [0, 0.05) is 0 Å².